The minimum absolute atomic E-state index is 0.211. The molecule has 0 aliphatic carbocycles. The molecule has 2 heterocycles. The van der Waals surface area contributed by atoms with E-state index in [9.17, 15) is 0 Å². The monoisotopic (exact) mass is 233 g/mol. The van der Waals surface area contributed by atoms with E-state index >= 15 is 0 Å². The van der Waals surface area contributed by atoms with E-state index in [0.29, 0.717) is 19.3 Å². The van der Waals surface area contributed by atoms with Crippen molar-refractivity contribution < 1.29 is 9.47 Å². The van der Waals surface area contributed by atoms with Gasteiger partial charge in [0.1, 0.15) is 0 Å². The normalized spacial score (nSPS) is 35.4. The summed E-state index contributed by atoms with van der Waals surface area (Å²) in [6, 6.07) is 10.2. The summed E-state index contributed by atoms with van der Waals surface area (Å²) in [7, 11) is 0. The van der Waals surface area contributed by atoms with Crippen LogP contribution in [0.1, 0.15) is 24.8 Å². The molecular formula is C14H19NO2. The molecule has 2 bridgehead atoms. The van der Waals surface area contributed by atoms with E-state index in [-0.39, 0.29) is 11.6 Å². The number of benzene rings is 1. The first-order valence-corrected chi connectivity index (χ1v) is 6.32. The van der Waals surface area contributed by atoms with E-state index < -0.39 is 0 Å². The largest absolute Gasteiger partial charge is 0.375 e. The maximum atomic E-state index is 6.36. The van der Waals surface area contributed by atoms with E-state index in [1.165, 1.54) is 12.0 Å². The number of fused-ring (bicyclic) bond motifs is 2. The molecule has 0 amide bonds. The fourth-order valence-corrected chi connectivity index (χ4v) is 2.92. The van der Waals surface area contributed by atoms with Gasteiger partial charge in [0.05, 0.1) is 31.0 Å². The number of hydrogen-bond acceptors (Lipinski definition) is 3. The van der Waals surface area contributed by atoms with E-state index in [1.54, 1.807) is 0 Å². The summed E-state index contributed by atoms with van der Waals surface area (Å²) < 4.78 is 11.5. The Labute approximate surface area is 102 Å². The molecule has 3 heteroatoms. The molecule has 2 N–H and O–H groups in total. The molecule has 1 aromatic rings. The van der Waals surface area contributed by atoms with Crippen LogP contribution in [0.5, 0.6) is 0 Å². The van der Waals surface area contributed by atoms with Gasteiger partial charge in [-0.2, -0.15) is 0 Å². The van der Waals surface area contributed by atoms with Gasteiger partial charge in [0.15, 0.2) is 0 Å². The fourth-order valence-electron chi connectivity index (χ4n) is 2.92. The number of nitrogens with two attached hydrogens (primary N) is 1. The van der Waals surface area contributed by atoms with Crippen molar-refractivity contribution in [3.63, 3.8) is 0 Å². The molecule has 3 nitrogen and oxygen atoms in total. The van der Waals surface area contributed by atoms with Gasteiger partial charge in [0.2, 0.25) is 0 Å². The number of ether oxygens (including phenoxy) is 2. The van der Waals surface area contributed by atoms with Gasteiger partial charge in [-0.05, 0) is 24.8 Å². The van der Waals surface area contributed by atoms with E-state index in [0.717, 1.165) is 12.8 Å². The summed E-state index contributed by atoms with van der Waals surface area (Å²) in [5.41, 5.74) is 7.30. The second-order valence-electron chi connectivity index (χ2n) is 5.24. The van der Waals surface area contributed by atoms with E-state index in [4.69, 9.17) is 15.2 Å². The smallest absolute Gasteiger partial charge is 0.0782 e. The first kappa shape index (κ1) is 11.2. The molecule has 3 rings (SSSR count). The maximum Gasteiger partial charge on any atom is 0.0782 e. The van der Waals surface area contributed by atoms with Crippen molar-refractivity contribution in [1.82, 2.24) is 0 Å². The zero-order chi connectivity index (χ0) is 11.7. The third kappa shape index (κ3) is 2.23. The molecule has 0 saturated carbocycles. The Kier molecular flexibility index (Phi) is 2.90. The Morgan fingerprint density at radius 2 is 2.12 bits per heavy atom. The van der Waals surface area contributed by atoms with Gasteiger partial charge < -0.3 is 15.2 Å². The number of hydrogen-bond donors (Lipinski definition) is 1. The molecule has 0 aromatic heterocycles. The lowest BCUT2D eigenvalue weighted by atomic mass is 9.83. The first-order valence-electron chi connectivity index (χ1n) is 6.32. The van der Waals surface area contributed by atoms with Crippen molar-refractivity contribution >= 4 is 0 Å². The second kappa shape index (κ2) is 4.41. The Hall–Kier alpha value is -0.900. The summed E-state index contributed by atoms with van der Waals surface area (Å²) >= 11 is 0. The van der Waals surface area contributed by atoms with Gasteiger partial charge in [0.25, 0.3) is 0 Å². The van der Waals surface area contributed by atoms with Crippen LogP contribution < -0.4 is 5.73 Å². The van der Waals surface area contributed by atoms with Crippen molar-refractivity contribution in [3.05, 3.63) is 35.9 Å². The molecule has 2 aliphatic rings. The van der Waals surface area contributed by atoms with Gasteiger partial charge in [0, 0.05) is 0 Å². The van der Waals surface area contributed by atoms with Crippen LogP contribution in [0.2, 0.25) is 0 Å². The third-order valence-corrected chi connectivity index (χ3v) is 3.84. The predicted molar refractivity (Wildman–Crippen MR) is 65.5 cm³/mol. The molecule has 2 saturated heterocycles. The highest BCUT2D eigenvalue weighted by Gasteiger charge is 2.50. The Morgan fingerprint density at radius 1 is 1.29 bits per heavy atom. The average molecular weight is 233 g/mol. The van der Waals surface area contributed by atoms with E-state index in [2.05, 4.69) is 12.1 Å². The summed E-state index contributed by atoms with van der Waals surface area (Å²) in [5.74, 6) is 0. The highest BCUT2D eigenvalue weighted by atomic mass is 16.5. The SMILES string of the molecule is NC1(COCc2ccccc2)CC2CCC1O2. The van der Waals surface area contributed by atoms with Gasteiger partial charge in [-0.1, -0.05) is 30.3 Å². The zero-order valence-electron chi connectivity index (χ0n) is 9.97. The minimum atomic E-state index is -0.252. The van der Waals surface area contributed by atoms with Crippen molar-refractivity contribution in [3.8, 4) is 0 Å². The highest BCUT2D eigenvalue weighted by molar-refractivity contribution is 5.13. The number of rotatable bonds is 4. The topological polar surface area (TPSA) is 44.5 Å². The molecule has 1 aromatic carbocycles. The van der Waals surface area contributed by atoms with Crippen molar-refractivity contribution in [1.29, 1.82) is 0 Å². The third-order valence-electron chi connectivity index (χ3n) is 3.84. The minimum Gasteiger partial charge on any atom is -0.375 e. The molecule has 3 unspecified atom stereocenters. The maximum absolute atomic E-state index is 6.36. The Morgan fingerprint density at radius 3 is 2.76 bits per heavy atom. The summed E-state index contributed by atoms with van der Waals surface area (Å²) in [6.07, 6.45) is 3.80. The van der Waals surface area contributed by atoms with Crippen molar-refractivity contribution in [2.24, 2.45) is 5.73 Å². The lowest BCUT2D eigenvalue weighted by Gasteiger charge is -2.30. The average Bonchev–Trinajstić information content (AvgIpc) is 2.90. The van der Waals surface area contributed by atoms with Gasteiger partial charge >= 0.3 is 0 Å². The van der Waals surface area contributed by atoms with Crippen LogP contribution >= 0.6 is 0 Å². The van der Waals surface area contributed by atoms with Gasteiger partial charge in [-0.3, -0.25) is 0 Å². The van der Waals surface area contributed by atoms with Crippen LogP contribution in [0.3, 0.4) is 0 Å². The second-order valence-corrected chi connectivity index (χ2v) is 5.24. The predicted octanol–water partition coefficient (Wildman–Crippen LogP) is 1.85. The van der Waals surface area contributed by atoms with Crippen LogP contribution in [-0.2, 0) is 16.1 Å². The summed E-state index contributed by atoms with van der Waals surface area (Å²) in [6.45, 7) is 1.24. The summed E-state index contributed by atoms with van der Waals surface area (Å²) in [5, 5.41) is 0. The van der Waals surface area contributed by atoms with Crippen LogP contribution in [0, 0.1) is 0 Å². The molecular weight excluding hydrogens is 214 g/mol. The van der Waals surface area contributed by atoms with Crippen molar-refractivity contribution in [2.75, 3.05) is 6.61 Å². The Bertz CT molecular complexity index is 381. The zero-order valence-corrected chi connectivity index (χ0v) is 9.97. The lowest BCUT2D eigenvalue weighted by molar-refractivity contribution is 0.0299. The molecule has 0 spiro atoms. The summed E-state index contributed by atoms with van der Waals surface area (Å²) in [4.78, 5) is 0. The Balaban J connectivity index is 1.52. The standard InChI is InChI=1S/C14H19NO2/c15-14(8-12-6-7-13(14)17-12)10-16-9-11-4-2-1-3-5-11/h1-5,12-13H,6-10,15H2. The molecule has 2 aliphatic heterocycles. The van der Waals surface area contributed by atoms with Gasteiger partial charge in [-0.15, -0.1) is 0 Å². The first-order chi connectivity index (χ1) is 8.26. The van der Waals surface area contributed by atoms with Crippen molar-refractivity contribution in [2.45, 2.75) is 43.6 Å². The molecule has 0 radical (unpaired) electrons. The molecule has 2 fully saturated rings. The fraction of sp³-hybridized carbons (Fsp3) is 0.571. The molecule has 17 heavy (non-hydrogen) atoms. The molecule has 3 atom stereocenters. The van der Waals surface area contributed by atoms with Crippen LogP contribution in [0.25, 0.3) is 0 Å². The van der Waals surface area contributed by atoms with Crippen LogP contribution in [0.4, 0.5) is 0 Å². The molecule has 92 valence electrons. The van der Waals surface area contributed by atoms with Gasteiger partial charge in [-0.25, -0.2) is 0 Å². The van der Waals surface area contributed by atoms with Crippen LogP contribution in [-0.4, -0.2) is 24.4 Å². The van der Waals surface area contributed by atoms with E-state index in [1.807, 2.05) is 18.2 Å². The highest BCUT2D eigenvalue weighted by Crippen LogP contribution is 2.40. The lowest BCUT2D eigenvalue weighted by Crippen LogP contribution is -2.52. The van der Waals surface area contributed by atoms with Crippen LogP contribution in [0.15, 0.2) is 30.3 Å². The quantitative estimate of drug-likeness (QED) is 0.863.